The lowest BCUT2D eigenvalue weighted by Gasteiger charge is -2.01. The molecule has 1 amide bonds. The zero-order valence-corrected chi connectivity index (χ0v) is 12.1. The summed E-state index contributed by atoms with van der Waals surface area (Å²) in [5.41, 5.74) is 6.79. The van der Waals surface area contributed by atoms with Crippen molar-refractivity contribution in [1.82, 2.24) is 10.3 Å². The number of hydrogen-bond donors (Lipinski definition) is 2. The average Bonchev–Trinajstić information content (AvgIpc) is 2.97. The molecule has 0 aliphatic heterocycles. The van der Waals surface area contributed by atoms with Crippen molar-refractivity contribution in [2.75, 3.05) is 20.2 Å². The smallest absolute Gasteiger partial charge is 0.270 e. The Labute approximate surface area is 121 Å². The molecule has 0 unspecified atom stereocenters. The number of thiazole rings is 1. The fraction of sp³-hybridized carbons (Fsp3) is 0.286. The summed E-state index contributed by atoms with van der Waals surface area (Å²) in [5, 5.41) is 5.37. The molecule has 0 atom stereocenters. The van der Waals surface area contributed by atoms with Crippen molar-refractivity contribution >= 4 is 17.2 Å². The largest absolute Gasteiger partial charge is 0.497 e. The maximum atomic E-state index is 11.8. The predicted molar refractivity (Wildman–Crippen MR) is 80.1 cm³/mol. The second-order valence-corrected chi connectivity index (χ2v) is 5.02. The van der Waals surface area contributed by atoms with E-state index in [0.29, 0.717) is 18.8 Å². The van der Waals surface area contributed by atoms with Crippen molar-refractivity contribution in [2.45, 2.75) is 6.42 Å². The molecule has 2 aromatic rings. The van der Waals surface area contributed by atoms with Crippen LogP contribution in [0, 0.1) is 0 Å². The monoisotopic (exact) mass is 291 g/mol. The number of nitrogens with zero attached hydrogens (tertiary/aromatic N) is 1. The standard InChI is InChI=1S/C14H17N3O2S/c1-19-11-5-3-10(4-6-11)14-17-12(9-20-14)13(18)16-8-2-7-15/h3-6,9H,2,7-8,15H2,1H3,(H,16,18). The zero-order chi connectivity index (χ0) is 14.4. The number of aromatic nitrogens is 1. The number of ether oxygens (including phenoxy) is 1. The Balaban J connectivity index is 2.05. The summed E-state index contributed by atoms with van der Waals surface area (Å²) in [7, 11) is 1.63. The number of nitrogens with two attached hydrogens (primary N) is 1. The minimum atomic E-state index is -0.158. The molecule has 0 saturated heterocycles. The van der Waals surface area contributed by atoms with Gasteiger partial charge < -0.3 is 15.8 Å². The lowest BCUT2D eigenvalue weighted by Crippen LogP contribution is -2.26. The highest BCUT2D eigenvalue weighted by molar-refractivity contribution is 7.13. The fourth-order valence-electron chi connectivity index (χ4n) is 1.64. The van der Waals surface area contributed by atoms with Gasteiger partial charge in [-0.2, -0.15) is 0 Å². The molecule has 1 aromatic heterocycles. The Hall–Kier alpha value is -1.92. The van der Waals surface area contributed by atoms with Crippen LogP contribution in [0.2, 0.25) is 0 Å². The summed E-state index contributed by atoms with van der Waals surface area (Å²) in [6, 6.07) is 7.59. The van der Waals surface area contributed by atoms with Crippen LogP contribution in [0.5, 0.6) is 5.75 Å². The third-order valence-corrected chi connectivity index (χ3v) is 3.63. The van der Waals surface area contributed by atoms with E-state index in [-0.39, 0.29) is 5.91 Å². The van der Waals surface area contributed by atoms with E-state index in [9.17, 15) is 4.79 Å². The van der Waals surface area contributed by atoms with E-state index >= 15 is 0 Å². The third-order valence-electron chi connectivity index (χ3n) is 2.74. The Morgan fingerprint density at radius 1 is 1.40 bits per heavy atom. The van der Waals surface area contributed by atoms with Crippen molar-refractivity contribution in [3.63, 3.8) is 0 Å². The van der Waals surface area contributed by atoms with E-state index in [0.717, 1.165) is 22.7 Å². The molecule has 0 bridgehead atoms. The van der Waals surface area contributed by atoms with Crippen molar-refractivity contribution in [1.29, 1.82) is 0 Å². The molecule has 5 nitrogen and oxygen atoms in total. The first kappa shape index (κ1) is 14.5. The fourth-order valence-corrected chi connectivity index (χ4v) is 2.44. The van der Waals surface area contributed by atoms with Gasteiger partial charge in [0.1, 0.15) is 16.5 Å². The minimum absolute atomic E-state index is 0.158. The summed E-state index contributed by atoms with van der Waals surface area (Å²) >= 11 is 1.45. The van der Waals surface area contributed by atoms with Crippen LogP contribution in [-0.2, 0) is 0 Å². The SMILES string of the molecule is COc1ccc(-c2nc(C(=O)NCCCN)cs2)cc1. The van der Waals surface area contributed by atoms with E-state index in [2.05, 4.69) is 10.3 Å². The summed E-state index contributed by atoms with van der Waals surface area (Å²) in [6.07, 6.45) is 0.765. The van der Waals surface area contributed by atoms with E-state index in [1.165, 1.54) is 11.3 Å². The maximum Gasteiger partial charge on any atom is 0.270 e. The van der Waals surface area contributed by atoms with Crippen LogP contribution < -0.4 is 15.8 Å². The highest BCUT2D eigenvalue weighted by atomic mass is 32.1. The quantitative estimate of drug-likeness (QED) is 0.797. The van der Waals surface area contributed by atoms with Gasteiger partial charge >= 0.3 is 0 Å². The highest BCUT2D eigenvalue weighted by Crippen LogP contribution is 2.25. The Morgan fingerprint density at radius 2 is 2.15 bits per heavy atom. The summed E-state index contributed by atoms with van der Waals surface area (Å²) in [4.78, 5) is 16.2. The Bertz CT molecular complexity index is 566. The number of nitrogens with one attached hydrogen (secondary N) is 1. The van der Waals surface area contributed by atoms with Gasteiger partial charge in [-0.25, -0.2) is 4.98 Å². The molecule has 0 aliphatic rings. The van der Waals surface area contributed by atoms with Crippen molar-refractivity contribution in [3.05, 3.63) is 35.3 Å². The van der Waals surface area contributed by atoms with E-state index < -0.39 is 0 Å². The van der Waals surface area contributed by atoms with Crippen LogP contribution in [0.1, 0.15) is 16.9 Å². The number of carbonyl (C=O) groups is 1. The normalized spacial score (nSPS) is 10.3. The summed E-state index contributed by atoms with van der Waals surface area (Å²) in [5.74, 6) is 0.638. The average molecular weight is 291 g/mol. The molecule has 20 heavy (non-hydrogen) atoms. The first-order chi connectivity index (χ1) is 9.74. The van der Waals surface area contributed by atoms with Gasteiger partial charge in [-0.05, 0) is 37.2 Å². The first-order valence-corrected chi connectivity index (χ1v) is 7.21. The van der Waals surface area contributed by atoms with E-state index in [4.69, 9.17) is 10.5 Å². The van der Waals surface area contributed by atoms with Crippen LogP contribution >= 0.6 is 11.3 Å². The van der Waals surface area contributed by atoms with Gasteiger partial charge in [0.2, 0.25) is 0 Å². The van der Waals surface area contributed by atoms with Crippen molar-refractivity contribution < 1.29 is 9.53 Å². The molecule has 0 saturated carbocycles. The molecule has 1 heterocycles. The van der Waals surface area contributed by atoms with Gasteiger partial charge in [-0.3, -0.25) is 4.79 Å². The van der Waals surface area contributed by atoms with Gasteiger partial charge in [0.15, 0.2) is 0 Å². The zero-order valence-electron chi connectivity index (χ0n) is 11.3. The number of methoxy groups -OCH3 is 1. The second-order valence-electron chi connectivity index (χ2n) is 4.16. The number of hydrogen-bond acceptors (Lipinski definition) is 5. The first-order valence-electron chi connectivity index (χ1n) is 6.33. The number of amides is 1. The number of carbonyl (C=O) groups excluding carboxylic acids is 1. The number of benzene rings is 1. The summed E-state index contributed by atoms with van der Waals surface area (Å²) < 4.78 is 5.11. The van der Waals surface area contributed by atoms with Crippen LogP contribution in [-0.4, -0.2) is 31.1 Å². The molecule has 2 rings (SSSR count). The van der Waals surface area contributed by atoms with E-state index in [1.54, 1.807) is 12.5 Å². The Kier molecular flexibility index (Phi) is 5.09. The van der Waals surface area contributed by atoms with Crippen LogP contribution in [0.3, 0.4) is 0 Å². The van der Waals surface area contributed by atoms with Crippen molar-refractivity contribution in [2.24, 2.45) is 5.73 Å². The molecule has 6 heteroatoms. The topological polar surface area (TPSA) is 77.2 Å². The third kappa shape index (κ3) is 3.55. The minimum Gasteiger partial charge on any atom is -0.497 e. The van der Waals surface area contributed by atoms with Gasteiger partial charge in [0.05, 0.1) is 7.11 Å². The van der Waals surface area contributed by atoms with Crippen LogP contribution in [0.25, 0.3) is 10.6 Å². The van der Waals surface area contributed by atoms with Crippen LogP contribution in [0.15, 0.2) is 29.6 Å². The molecule has 3 N–H and O–H groups in total. The lowest BCUT2D eigenvalue weighted by atomic mass is 10.2. The van der Waals surface area contributed by atoms with Crippen LogP contribution in [0.4, 0.5) is 0 Å². The molecule has 0 fully saturated rings. The molecule has 0 radical (unpaired) electrons. The van der Waals surface area contributed by atoms with Gasteiger partial charge in [-0.15, -0.1) is 11.3 Å². The molecular weight excluding hydrogens is 274 g/mol. The predicted octanol–water partition coefficient (Wildman–Crippen LogP) is 1.90. The molecule has 0 spiro atoms. The van der Waals surface area contributed by atoms with Crippen molar-refractivity contribution in [3.8, 4) is 16.3 Å². The van der Waals surface area contributed by atoms with Gasteiger partial charge in [0.25, 0.3) is 5.91 Å². The Morgan fingerprint density at radius 3 is 2.80 bits per heavy atom. The molecule has 1 aromatic carbocycles. The summed E-state index contributed by atoms with van der Waals surface area (Å²) in [6.45, 7) is 1.14. The lowest BCUT2D eigenvalue weighted by molar-refractivity contribution is 0.0949. The molecular formula is C14H17N3O2S. The maximum absolute atomic E-state index is 11.8. The number of rotatable bonds is 6. The highest BCUT2D eigenvalue weighted by Gasteiger charge is 2.11. The molecule has 0 aliphatic carbocycles. The van der Waals surface area contributed by atoms with Gasteiger partial charge in [-0.1, -0.05) is 0 Å². The van der Waals surface area contributed by atoms with Gasteiger partial charge in [0, 0.05) is 17.5 Å². The van der Waals surface area contributed by atoms with E-state index in [1.807, 2.05) is 24.3 Å². The molecule has 106 valence electrons. The second kappa shape index (κ2) is 7.02.